The summed E-state index contributed by atoms with van der Waals surface area (Å²) < 4.78 is 0. The van der Waals surface area contributed by atoms with E-state index in [4.69, 9.17) is 0 Å². The summed E-state index contributed by atoms with van der Waals surface area (Å²) in [6.45, 7) is 1.29. The second-order valence-corrected chi connectivity index (χ2v) is 7.41. The SMILES string of the molecule is O=C1C[C@@H](N2CCc3c([nH]c4ccccc34)C2)C(=O)N1c1ccc([N+](=O)[O-])cc1. The van der Waals surface area contributed by atoms with Crippen molar-refractivity contribution in [2.45, 2.75) is 25.4 Å². The zero-order valence-electron chi connectivity index (χ0n) is 15.5. The first-order chi connectivity index (χ1) is 14.0. The molecule has 0 radical (unpaired) electrons. The van der Waals surface area contributed by atoms with E-state index in [1.807, 2.05) is 23.1 Å². The number of nitro benzene ring substituents is 1. The zero-order valence-corrected chi connectivity index (χ0v) is 15.5. The molecule has 1 fully saturated rings. The highest BCUT2D eigenvalue weighted by atomic mass is 16.6. The molecule has 0 bridgehead atoms. The quantitative estimate of drug-likeness (QED) is 0.421. The van der Waals surface area contributed by atoms with Gasteiger partial charge in [0.1, 0.15) is 0 Å². The third-order valence-electron chi connectivity index (χ3n) is 5.79. The molecular weight excluding hydrogens is 372 g/mol. The van der Waals surface area contributed by atoms with Gasteiger partial charge in [-0.25, -0.2) is 4.90 Å². The van der Waals surface area contributed by atoms with Crippen LogP contribution in [-0.4, -0.2) is 39.2 Å². The highest BCUT2D eigenvalue weighted by Crippen LogP contribution is 2.32. The monoisotopic (exact) mass is 390 g/mol. The number of imide groups is 1. The lowest BCUT2D eigenvalue weighted by Gasteiger charge is -2.30. The molecule has 1 N–H and O–H groups in total. The summed E-state index contributed by atoms with van der Waals surface area (Å²) in [7, 11) is 0. The molecule has 3 aromatic rings. The molecule has 0 aliphatic carbocycles. The summed E-state index contributed by atoms with van der Waals surface area (Å²) in [5.74, 6) is -0.556. The summed E-state index contributed by atoms with van der Waals surface area (Å²) in [4.78, 5) is 42.6. The number of carbonyl (C=O) groups is 2. The number of para-hydroxylation sites is 1. The van der Waals surface area contributed by atoms with Crippen molar-refractivity contribution >= 4 is 34.1 Å². The van der Waals surface area contributed by atoms with Crippen LogP contribution < -0.4 is 4.90 Å². The first-order valence-electron chi connectivity index (χ1n) is 9.46. The fourth-order valence-electron chi connectivity index (χ4n) is 4.38. The van der Waals surface area contributed by atoms with E-state index < -0.39 is 11.0 Å². The second kappa shape index (κ2) is 6.52. The Labute approximate surface area is 165 Å². The molecule has 1 atom stereocenters. The fourth-order valence-corrected chi connectivity index (χ4v) is 4.38. The fraction of sp³-hybridized carbons (Fsp3) is 0.238. The molecule has 2 amide bonds. The maximum Gasteiger partial charge on any atom is 0.269 e. The van der Waals surface area contributed by atoms with Crippen LogP contribution in [0.3, 0.4) is 0 Å². The lowest BCUT2D eigenvalue weighted by atomic mass is 10.0. The number of amides is 2. The highest BCUT2D eigenvalue weighted by Gasteiger charge is 2.43. The number of fused-ring (bicyclic) bond motifs is 3. The van der Waals surface area contributed by atoms with Crippen LogP contribution in [0.1, 0.15) is 17.7 Å². The van der Waals surface area contributed by atoms with Gasteiger partial charge in [0.2, 0.25) is 5.91 Å². The van der Waals surface area contributed by atoms with Crippen molar-refractivity contribution in [3.63, 3.8) is 0 Å². The van der Waals surface area contributed by atoms with Crippen molar-refractivity contribution in [2.24, 2.45) is 0 Å². The number of H-pyrrole nitrogens is 1. The maximum absolute atomic E-state index is 13.0. The van der Waals surface area contributed by atoms with Gasteiger partial charge in [0.15, 0.2) is 0 Å². The number of hydrogen-bond acceptors (Lipinski definition) is 5. The molecule has 0 unspecified atom stereocenters. The molecular formula is C21H18N4O4. The summed E-state index contributed by atoms with van der Waals surface area (Å²) in [5.41, 5.74) is 3.75. The number of rotatable bonds is 3. The Morgan fingerprint density at radius 3 is 2.59 bits per heavy atom. The number of nitrogens with zero attached hydrogens (tertiary/aromatic N) is 3. The minimum absolute atomic E-state index is 0.0771. The van der Waals surface area contributed by atoms with Gasteiger partial charge in [0, 0.05) is 41.8 Å². The van der Waals surface area contributed by atoms with Gasteiger partial charge >= 0.3 is 0 Å². The molecule has 8 heteroatoms. The van der Waals surface area contributed by atoms with Gasteiger partial charge in [-0.3, -0.25) is 24.6 Å². The smallest absolute Gasteiger partial charge is 0.269 e. The lowest BCUT2D eigenvalue weighted by Crippen LogP contribution is -2.44. The normalized spacial score (nSPS) is 19.7. The van der Waals surface area contributed by atoms with E-state index in [0.717, 1.165) is 22.5 Å². The van der Waals surface area contributed by atoms with Gasteiger partial charge in [0.25, 0.3) is 11.6 Å². The number of nitro groups is 1. The zero-order chi connectivity index (χ0) is 20.1. The molecule has 5 rings (SSSR count). The Hall–Kier alpha value is -3.52. The molecule has 29 heavy (non-hydrogen) atoms. The number of aromatic nitrogens is 1. The van der Waals surface area contributed by atoms with E-state index in [1.165, 1.54) is 35.2 Å². The lowest BCUT2D eigenvalue weighted by molar-refractivity contribution is -0.384. The van der Waals surface area contributed by atoms with Crippen LogP contribution in [0.2, 0.25) is 0 Å². The van der Waals surface area contributed by atoms with E-state index in [-0.39, 0.29) is 23.9 Å². The number of anilines is 1. The van der Waals surface area contributed by atoms with E-state index in [2.05, 4.69) is 11.1 Å². The molecule has 146 valence electrons. The first kappa shape index (κ1) is 17.6. The third kappa shape index (κ3) is 2.80. The molecule has 3 heterocycles. The molecule has 2 aromatic carbocycles. The molecule has 2 aliphatic heterocycles. The second-order valence-electron chi connectivity index (χ2n) is 7.41. The average molecular weight is 390 g/mol. The summed E-state index contributed by atoms with van der Waals surface area (Å²) in [5, 5.41) is 12.0. The Morgan fingerprint density at radius 2 is 1.83 bits per heavy atom. The van der Waals surface area contributed by atoms with Crippen LogP contribution in [0.25, 0.3) is 10.9 Å². The van der Waals surface area contributed by atoms with E-state index >= 15 is 0 Å². The van der Waals surface area contributed by atoms with Crippen LogP contribution in [-0.2, 0) is 22.6 Å². The Balaban J connectivity index is 1.39. The summed E-state index contributed by atoms with van der Waals surface area (Å²) in [6.07, 6.45) is 0.931. The number of carbonyl (C=O) groups excluding carboxylic acids is 2. The van der Waals surface area contributed by atoms with Gasteiger partial charge < -0.3 is 4.98 Å². The van der Waals surface area contributed by atoms with E-state index in [1.54, 1.807) is 0 Å². The molecule has 1 saturated heterocycles. The number of benzene rings is 2. The first-order valence-corrected chi connectivity index (χ1v) is 9.46. The average Bonchev–Trinajstić information content (AvgIpc) is 3.24. The molecule has 1 aromatic heterocycles. The van der Waals surface area contributed by atoms with Crippen molar-refractivity contribution in [3.8, 4) is 0 Å². The van der Waals surface area contributed by atoms with Gasteiger partial charge in [-0.15, -0.1) is 0 Å². The molecule has 8 nitrogen and oxygen atoms in total. The van der Waals surface area contributed by atoms with Gasteiger partial charge in [0.05, 0.1) is 23.1 Å². The standard InChI is InChI=1S/C21H18N4O4/c26-20-11-19(21(27)24(20)13-5-7-14(8-6-13)25(28)29)23-10-9-16-15-3-1-2-4-17(15)22-18(16)12-23/h1-8,19,22H,9-12H2/t19-/m1/s1. The van der Waals surface area contributed by atoms with Crippen LogP contribution in [0.15, 0.2) is 48.5 Å². The van der Waals surface area contributed by atoms with Crippen LogP contribution in [0, 0.1) is 10.1 Å². The van der Waals surface area contributed by atoms with Gasteiger partial charge in [-0.1, -0.05) is 18.2 Å². The van der Waals surface area contributed by atoms with E-state index in [9.17, 15) is 19.7 Å². The number of nitrogens with one attached hydrogen (secondary N) is 1. The number of aromatic amines is 1. The van der Waals surface area contributed by atoms with Gasteiger partial charge in [-0.2, -0.15) is 0 Å². The third-order valence-corrected chi connectivity index (χ3v) is 5.79. The van der Waals surface area contributed by atoms with Crippen LogP contribution in [0.4, 0.5) is 11.4 Å². The van der Waals surface area contributed by atoms with Crippen LogP contribution >= 0.6 is 0 Å². The Bertz CT molecular complexity index is 1150. The molecule has 2 aliphatic rings. The number of non-ortho nitro benzene ring substituents is 1. The topological polar surface area (TPSA) is 99.6 Å². The molecule has 0 saturated carbocycles. The van der Waals surface area contributed by atoms with Crippen molar-refractivity contribution in [3.05, 3.63) is 69.9 Å². The summed E-state index contributed by atoms with van der Waals surface area (Å²) >= 11 is 0. The molecule has 0 spiro atoms. The minimum Gasteiger partial charge on any atom is -0.357 e. The summed E-state index contributed by atoms with van der Waals surface area (Å²) in [6, 6.07) is 13.1. The predicted octanol–water partition coefficient (Wildman–Crippen LogP) is 2.77. The Morgan fingerprint density at radius 1 is 1.07 bits per heavy atom. The highest BCUT2D eigenvalue weighted by molar-refractivity contribution is 6.22. The van der Waals surface area contributed by atoms with Crippen molar-refractivity contribution in [1.82, 2.24) is 9.88 Å². The van der Waals surface area contributed by atoms with Crippen molar-refractivity contribution in [2.75, 3.05) is 11.4 Å². The van der Waals surface area contributed by atoms with Crippen molar-refractivity contribution in [1.29, 1.82) is 0 Å². The number of hydrogen-bond donors (Lipinski definition) is 1. The van der Waals surface area contributed by atoms with Crippen LogP contribution in [0.5, 0.6) is 0 Å². The van der Waals surface area contributed by atoms with Gasteiger partial charge in [-0.05, 0) is 30.2 Å². The predicted molar refractivity (Wildman–Crippen MR) is 106 cm³/mol. The maximum atomic E-state index is 13.0. The Kier molecular flexibility index (Phi) is 3.95. The largest absolute Gasteiger partial charge is 0.357 e. The van der Waals surface area contributed by atoms with Crippen molar-refractivity contribution < 1.29 is 14.5 Å². The van der Waals surface area contributed by atoms with E-state index in [0.29, 0.717) is 18.8 Å². The minimum atomic E-state index is -0.516.